The zero-order valence-electron chi connectivity index (χ0n) is 13.3. The molecule has 2 amide bonds. The van der Waals surface area contributed by atoms with Gasteiger partial charge in [-0.15, -0.1) is 0 Å². The molecule has 0 aliphatic carbocycles. The first-order valence-electron chi connectivity index (χ1n) is 8.08. The Morgan fingerprint density at radius 3 is 2.77 bits per heavy atom. The van der Waals surface area contributed by atoms with Gasteiger partial charge < -0.3 is 15.0 Å². The summed E-state index contributed by atoms with van der Waals surface area (Å²) < 4.78 is 5.50. The van der Waals surface area contributed by atoms with E-state index in [-0.39, 0.29) is 18.2 Å². The maximum Gasteiger partial charge on any atom is 0.317 e. The number of thiophene rings is 1. The van der Waals surface area contributed by atoms with Gasteiger partial charge in [-0.3, -0.25) is 4.90 Å². The monoisotopic (exact) mass is 323 g/mol. The summed E-state index contributed by atoms with van der Waals surface area (Å²) in [5.74, 6) is 0. The summed E-state index contributed by atoms with van der Waals surface area (Å²) in [6.07, 6.45) is 1.05. The normalized spacial score (nSPS) is 27.8. The molecule has 2 aliphatic rings. The first-order chi connectivity index (χ1) is 10.6. The molecule has 1 N–H and O–H groups in total. The van der Waals surface area contributed by atoms with Crippen LogP contribution in [0.25, 0.3) is 0 Å². The van der Waals surface area contributed by atoms with Gasteiger partial charge in [-0.05, 0) is 42.7 Å². The van der Waals surface area contributed by atoms with Gasteiger partial charge in [0.15, 0.2) is 0 Å². The van der Waals surface area contributed by atoms with E-state index in [4.69, 9.17) is 4.74 Å². The summed E-state index contributed by atoms with van der Waals surface area (Å²) in [5, 5.41) is 7.45. The molecule has 3 unspecified atom stereocenters. The number of hydrogen-bond acceptors (Lipinski definition) is 4. The van der Waals surface area contributed by atoms with Crippen LogP contribution in [0.1, 0.15) is 31.9 Å². The van der Waals surface area contributed by atoms with E-state index in [0.717, 1.165) is 39.2 Å². The van der Waals surface area contributed by atoms with Crippen molar-refractivity contribution in [1.29, 1.82) is 0 Å². The van der Waals surface area contributed by atoms with Crippen molar-refractivity contribution in [3.8, 4) is 0 Å². The topological polar surface area (TPSA) is 44.8 Å². The molecule has 3 heterocycles. The minimum absolute atomic E-state index is 0.0604. The van der Waals surface area contributed by atoms with E-state index in [2.05, 4.69) is 34.0 Å². The fourth-order valence-corrected chi connectivity index (χ4v) is 3.95. The zero-order valence-corrected chi connectivity index (χ0v) is 14.1. The molecule has 2 aliphatic heterocycles. The molecule has 6 heteroatoms. The lowest BCUT2D eigenvalue weighted by molar-refractivity contribution is 0.100. The first kappa shape index (κ1) is 15.8. The number of hydrogen-bond donors (Lipinski definition) is 1. The molecule has 0 spiro atoms. The number of piperazine rings is 1. The Labute approximate surface area is 136 Å². The Morgan fingerprint density at radius 1 is 1.41 bits per heavy atom. The van der Waals surface area contributed by atoms with Gasteiger partial charge >= 0.3 is 6.03 Å². The van der Waals surface area contributed by atoms with Crippen molar-refractivity contribution in [1.82, 2.24) is 15.1 Å². The predicted octanol–water partition coefficient (Wildman–Crippen LogP) is 2.31. The van der Waals surface area contributed by atoms with Gasteiger partial charge in [-0.1, -0.05) is 0 Å². The number of carbonyl (C=O) groups excluding carboxylic acids is 1. The molecular formula is C16H25N3O2S. The van der Waals surface area contributed by atoms with Gasteiger partial charge in [0.25, 0.3) is 0 Å². The van der Waals surface area contributed by atoms with Gasteiger partial charge in [0, 0.05) is 38.8 Å². The number of urea groups is 1. The maximum absolute atomic E-state index is 12.3. The average Bonchev–Trinajstić information content (AvgIpc) is 3.19. The van der Waals surface area contributed by atoms with Gasteiger partial charge in [0.1, 0.15) is 0 Å². The van der Waals surface area contributed by atoms with Crippen molar-refractivity contribution < 1.29 is 9.53 Å². The number of rotatable bonds is 3. The Morgan fingerprint density at radius 2 is 2.18 bits per heavy atom. The third kappa shape index (κ3) is 3.45. The molecule has 5 nitrogen and oxygen atoms in total. The van der Waals surface area contributed by atoms with E-state index >= 15 is 0 Å². The first-order valence-corrected chi connectivity index (χ1v) is 9.02. The Balaban J connectivity index is 1.48. The second kappa shape index (κ2) is 6.98. The molecule has 122 valence electrons. The van der Waals surface area contributed by atoms with Crippen LogP contribution >= 0.6 is 11.3 Å². The lowest BCUT2D eigenvalue weighted by Gasteiger charge is -2.38. The number of nitrogens with zero attached hydrogens (tertiary/aromatic N) is 2. The molecule has 3 atom stereocenters. The van der Waals surface area contributed by atoms with E-state index in [1.807, 2.05) is 11.8 Å². The lowest BCUT2D eigenvalue weighted by Crippen LogP contribution is -2.54. The number of amides is 2. The summed E-state index contributed by atoms with van der Waals surface area (Å²) in [5.41, 5.74) is 1.37. The van der Waals surface area contributed by atoms with Crippen LogP contribution in [0.4, 0.5) is 4.79 Å². The molecule has 0 saturated carbocycles. The Hall–Kier alpha value is -1.11. The van der Waals surface area contributed by atoms with Crippen molar-refractivity contribution in [2.24, 2.45) is 0 Å². The highest BCUT2D eigenvalue weighted by atomic mass is 32.1. The van der Waals surface area contributed by atoms with Crippen LogP contribution in [0.2, 0.25) is 0 Å². The predicted molar refractivity (Wildman–Crippen MR) is 88.2 cm³/mol. The van der Waals surface area contributed by atoms with E-state index in [1.165, 1.54) is 5.56 Å². The van der Waals surface area contributed by atoms with Crippen molar-refractivity contribution in [3.05, 3.63) is 22.4 Å². The van der Waals surface area contributed by atoms with Crippen molar-refractivity contribution in [3.63, 3.8) is 0 Å². The van der Waals surface area contributed by atoms with Crippen molar-refractivity contribution in [2.45, 2.75) is 38.5 Å². The van der Waals surface area contributed by atoms with Crippen LogP contribution in [0, 0.1) is 0 Å². The molecule has 22 heavy (non-hydrogen) atoms. The second-order valence-electron chi connectivity index (χ2n) is 6.18. The maximum atomic E-state index is 12.3. The molecule has 2 saturated heterocycles. The summed E-state index contributed by atoms with van der Waals surface area (Å²) in [6, 6.07) is 2.84. The van der Waals surface area contributed by atoms with E-state index in [9.17, 15) is 4.79 Å². The highest BCUT2D eigenvalue weighted by molar-refractivity contribution is 7.07. The minimum Gasteiger partial charge on any atom is -0.376 e. The fourth-order valence-electron chi connectivity index (χ4n) is 3.21. The quantitative estimate of drug-likeness (QED) is 0.928. The highest BCUT2D eigenvalue weighted by Crippen LogP contribution is 2.23. The molecule has 0 radical (unpaired) electrons. The molecule has 1 aromatic heterocycles. The van der Waals surface area contributed by atoms with Crippen LogP contribution in [-0.4, -0.2) is 60.8 Å². The molecule has 0 bridgehead atoms. The third-order valence-corrected chi connectivity index (χ3v) is 5.56. The van der Waals surface area contributed by atoms with E-state index < -0.39 is 0 Å². The summed E-state index contributed by atoms with van der Waals surface area (Å²) in [7, 11) is 0. The van der Waals surface area contributed by atoms with Gasteiger partial charge in [-0.2, -0.15) is 11.3 Å². The molecule has 3 rings (SSSR count). The SMILES string of the molecule is CC1OCCC1NC(=O)N1CCN(C(C)c2ccsc2)CC1. The summed E-state index contributed by atoms with van der Waals surface area (Å²) in [6.45, 7) is 8.47. The molecule has 1 aromatic rings. The number of ether oxygens (including phenoxy) is 1. The van der Waals surface area contributed by atoms with Crippen LogP contribution in [0.3, 0.4) is 0 Å². The molecule has 0 aromatic carbocycles. The Kier molecular flexibility index (Phi) is 5.00. The lowest BCUT2D eigenvalue weighted by atomic mass is 10.1. The number of carbonyl (C=O) groups is 1. The van der Waals surface area contributed by atoms with Crippen LogP contribution in [0.5, 0.6) is 0 Å². The van der Waals surface area contributed by atoms with E-state index in [1.54, 1.807) is 11.3 Å². The van der Waals surface area contributed by atoms with E-state index in [0.29, 0.717) is 6.04 Å². The highest BCUT2D eigenvalue weighted by Gasteiger charge is 2.29. The van der Waals surface area contributed by atoms with Gasteiger partial charge in [0.05, 0.1) is 12.1 Å². The standard InChI is InChI=1S/C16H25N3O2S/c1-12(14-4-10-22-11-14)18-5-7-19(8-6-18)16(20)17-15-3-9-21-13(15)2/h4,10-13,15H,3,5-9H2,1-2H3,(H,17,20). The smallest absolute Gasteiger partial charge is 0.317 e. The van der Waals surface area contributed by atoms with Crippen molar-refractivity contribution in [2.75, 3.05) is 32.8 Å². The van der Waals surface area contributed by atoms with Crippen molar-refractivity contribution >= 4 is 17.4 Å². The number of nitrogens with one attached hydrogen (secondary N) is 1. The minimum atomic E-state index is 0.0604. The summed E-state index contributed by atoms with van der Waals surface area (Å²) in [4.78, 5) is 16.7. The van der Waals surface area contributed by atoms with Gasteiger partial charge in [-0.25, -0.2) is 4.79 Å². The third-order valence-electron chi connectivity index (χ3n) is 4.86. The zero-order chi connectivity index (χ0) is 15.5. The van der Waals surface area contributed by atoms with Crippen LogP contribution in [0.15, 0.2) is 16.8 Å². The Bertz CT molecular complexity index is 486. The average molecular weight is 323 g/mol. The van der Waals surface area contributed by atoms with Crippen LogP contribution < -0.4 is 5.32 Å². The fraction of sp³-hybridized carbons (Fsp3) is 0.688. The van der Waals surface area contributed by atoms with Gasteiger partial charge in [0.2, 0.25) is 0 Å². The van der Waals surface area contributed by atoms with Crippen LogP contribution in [-0.2, 0) is 4.74 Å². The second-order valence-corrected chi connectivity index (χ2v) is 6.96. The molecule has 2 fully saturated rings. The summed E-state index contributed by atoms with van der Waals surface area (Å²) >= 11 is 1.74. The molecular weight excluding hydrogens is 298 g/mol. The largest absolute Gasteiger partial charge is 0.376 e.